The lowest BCUT2D eigenvalue weighted by Gasteiger charge is -2.19. The van der Waals surface area contributed by atoms with E-state index in [1.165, 1.54) is 0 Å². The number of allylic oxidation sites excluding steroid dienone is 1. The molecule has 0 aromatic carbocycles. The van der Waals surface area contributed by atoms with Crippen LogP contribution in [-0.2, 0) is 7.05 Å². The molecule has 1 unspecified atom stereocenters. The summed E-state index contributed by atoms with van der Waals surface area (Å²) in [7, 11) is 1.83. The molecule has 1 heterocycles. The number of hydrogen-bond donors (Lipinski definition) is 2. The molecule has 1 aliphatic carbocycles. The molecule has 3 N–H and O–H groups in total. The Morgan fingerprint density at radius 2 is 2.38 bits per heavy atom. The van der Waals surface area contributed by atoms with Crippen LogP contribution in [0.1, 0.15) is 29.8 Å². The van der Waals surface area contributed by atoms with Crippen LogP contribution in [0.25, 0.3) is 0 Å². The average Bonchev–Trinajstić information content (AvgIpc) is 2.59. The van der Waals surface area contributed by atoms with Crippen LogP contribution in [0.5, 0.6) is 0 Å². The van der Waals surface area contributed by atoms with Gasteiger partial charge in [-0.05, 0) is 25.3 Å². The summed E-state index contributed by atoms with van der Waals surface area (Å²) in [6.45, 7) is 0. The van der Waals surface area contributed by atoms with E-state index in [0.29, 0.717) is 11.4 Å². The number of aryl methyl sites for hydroxylation is 1. The van der Waals surface area contributed by atoms with Crippen LogP contribution in [0.2, 0.25) is 0 Å². The summed E-state index contributed by atoms with van der Waals surface area (Å²) >= 11 is 0. The molecular weight excluding hydrogens is 202 g/mol. The fourth-order valence-corrected chi connectivity index (χ4v) is 2.00. The first-order valence-corrected chi connectivity index (χ1v) is 5.54. The normalized spacial score (nSPS) is 19.7. The minimum absolute atomic E-state index is 0.0421. The van der Waals surface area contributed by atoms with E-state index in [0.717, 1.165) is 19.3 Å². The van der Waals surface area contributed by atoms with E-state index in [1.54, 1.807) is 16.8 Å². The second-order valence-corrected chi connectivity index (χ2v) is 4.22. The van der Waals surface area contributed by atoms with Crippen LogP contribution in [-0.4, -0.2) is 16.5 Å². The Morgan fingerprint density at radius 1 is 1.56 bits per heavy atom. The van der Waals surface area contributed by atoms with Crippen molar-refractivity contribution in [2.24, 2.45) is 7.05 Å². The van der Waals surface area contributed by atoms with E-state index in [1.807, 2.05) is 7.05 Å². The highest BCUT2D eigenvalue weighted by atomic mass is 16.2. The van der Waals surface area contributed by atoms with Gasteiger partial charge in [0, 0.05) is 19.3 Å². The molecule has 2 rings (SSSR count). The van der Waals surface area contributed by atoms with Crippen LogP contribution in [0.15, 0.2) is 24.4 Å². The number of amides is 1. The van der Waals surface area contributed by atoms with Gasteiger partial charge in [0.1, 0.15) is 5.69 Å². The lowest BCUT2D eigenvalue weighted by atomic mass is 10.0. The molecule has 0 bridgehead atoms. The third kappa shape index (κ3) is 2.27. The Balaban J connectivity index is 2.02. The Morgan fingerprint density at radius 3 is 2.94 bits per heavy atom. The number of hydrogen-bond acceptors (Lipinski definition) is 2. The smallest absolute Gasteiger partial charge is 0.268 e. The lowest BCUT2D eigenvalue weighted by molar-refractivity contribution is 0.0926. The quantitative estimate of drug-likeness (QED) is 0.739. The third-order valence-electron chi connectivity index (χ3n) is 2.86. The molecule has 1 aliphatic rings. The van der Waals surface area contributed by atoms with Crippen molar-refractivity contribution < 1.29 is 4.79 Å². The van der Waals surface area contributed by atoms with Crippen LogP contribution in [0.3, 0.4) is 0 Å². The van der Waals surface area contributed by atoms with E-state index in [-0.39, 0.29) is 11.9 Å². The molecule has 0 aliphatic heterocycles. The molecule has 16 heavy (non-hydrogen) atoms. The van der Waals surface area contributed by atoms with Gasteiger partial charge in [0.2, 0.25) is 0 Å². The van der Waals surface area contributed by atoms with E-state index in [4.69, 9.17) is 5.73 Å². The standard InChI is InChI=1S/C12H17N3O/c1-15-8-9(13)7-11(15)12(16)14-10-5-3-2-4-6-10/h2-3,7-8,10H,4-6,13H2,1H3,(H,14,16). The summed E-state index contributed by atoms with van der Waals surface area (Å²) < 4.78 is 1.75. The summed E-state index contributed by atoms with van der Waals surface area (Å²) in [5.74, 6) is -0.0421. The molecule has 0 spiro atoms. The van der Waals surface area contributed by atoms with Gasteiger partial charge in [-0.2, -0.15) is 0 Å². The van der Waals surface area contributed by atoms with Crippen molar-refractivity contribution in [2.45, 2.75) is 25.3 Å². The van der Waals surface area contributed by atoms with Crippen molar-refractivity contribution in [1.82, 2.24) is 9.88 Å². The second-order valence-electron chi connectivity index (χ2n) is 4.22. The molecule has 4 heteroatoms. The summed E-state index contributed by atoms with van der Waals surface area (Å²) in [5.41, 5.74) is 6.88. The summed E-state index contributed by atoms with van der Waals surface area (Å²) in [4.78, 5) is 11.9. The maximum atomic E-state index is 11.9. The molecule has 0 fully saturated rings. The molecule has 0 saturated carbocycles. The molecule has 86 valence electrons. The maximum absolute atomic E-state index is 11.9. The molecule has 4 nitrogen and oxygen atoms in total. The van der Waals surface area contributed by atoms with Crippen LogP contribution in [0, 0.1) is 0 Å². The van der Waals surface area contributed by atoms with Gasteiger partial charge in [0.05, 0.1) is 5.69 Å². The van der Waals surface area contributed by atoms with Crippen LogP contribution in [0.4, 0.5) is 5.69 Å². The molecule has 1 aromatic rings. The van der Waals surface area contributed by atoms with Crippen molar-refractivity contribution in [1.29, 1.82) is 0 Å². The zero-order valence-electron chi connectivity index (χ0n) is 9.44. The van der Waals surface area contributed by atoms with Crippen molar-refractivity contribution in [3.8, 4) is 0 Å². The summed E-state index contributed by atoms with van der Waals surface area (Å²) in [6, 6.07) is 1.96. The number of nitrogens with two attached hydrogens (primary N) is 1. The fourth-order valence-electron chi connectivity index (χ4n) is 2.00. The first kappa shape index (κ1) is 10.8. The topological polar surface area (TPSA) is 60.0 Å². The molecule has 1 aromatic heterocycles. The minimum Gasteiger partial charge on any atom is -0.397 e. The SMILES string of the molecule is Cn1cc(N)cc1C(=O)NC1CC=CCC1. The van der Waals surface area contributed by atoms with Gasteiger partial charge >= 0.3 is 0 Å². The van der Waals surface area contributed by atoms with Crippen LogP contribution >= 0.6 is 0 Å². The Bertz CT molecular complexity index is 420. The number of nitrogen functional groups attached to an aromatic ring is 1. The fraction of sp³-hybridized carbons (Fsp3) is 0.417. The van der Waals surface area contributed by atoms with E-state index < -0.39 is 0 Å². The average molecular weight is 219 g/mol. The Labute approximate surface area is 95.1 Å². The van der Waals surface area contributed by atoms with E-state index >= 15 is 0 Å². The molecule has 1 atom stereocenters. The van der Waals surface area contributed by atoms with E-state index in [9.17, 15) is 4.79 Å². The van der Waals surface area contributed by atoms with Gasteiger partial charge in [-0.1, -0.05) is 12.2 Å². The largest absolute Gasteiger partial charge is 0.397 e. The van der Waals surface area contributed by atoms with Crippen molar-refractivity contribution in [2.75, 3.05) is 5.73 Å². The predicted molar refractivity (Wildman–Crippen MR) is 64.1 cm³/mol. The van der Waals surface area contributed by atoms with Crippen molar-refractivity contribution >= 4 is 11.6 Å². The van der Waals surface area contributed by atoms with Gasteiger partial charge < -0.3 is 15.6 Å². The number of carbonyl (C=O) groups is 1. The highest BCUT2D eigenvalue weighted by Gasteiger charge is 2.16. The zero-order chi connectivity index (χ0) is 11.5. The first-order valence-electron chi connectivity index (χ1n) is 5.54. The van der Waals surface area contributed by atoms with E-state index in [2.05, 4.69) is 17.5 Å². The first-order chi connectivity index (χ1) is 7.66. The number of carbonyl (C=O) groups excluding carboxylic acids is 1. The second kappa shape index (κ2) is 4.43. The predicted octanol–water partition coefficient (Wildman–Crippen LogP) is 1.45. The minimum atomic E-state index is -0.0421. The molecular formula is C12H17N3O. The highest BCUT2D eigenvalue weighted by molar-refractivity contribution is 5.94. The van der Waals surface area contributed by atoms with Gasteiger partial charge in [-0.25, -0.2) is 0 Å². The van der Waals surface area contributed by atoms with Crippen molar-refractivity contribution in [3.05, 3.63) is 30.1 Å². The molecule has 0 saturated heterocycles. The Kier molecular flexibility index (Phi) is 2.99. The van der Waals surface area contributed by atoms with Crippen molar-refractivity contribution in [3.63, 3.8) is 0 Å². The van der Waals surface area contributed by atoms with Crippen LogP contribution < -0.4 is 11.1 Å². The highest BCUT2D eigenvalue weighted by Crippen LogP contribution is 2.13. The number of nitrogens with one attached hydrogen (secondary N) is 1. The maximum Gasteiger partial charge on any atom is 0.268 e. The monoisotopic (exact) mass is 219 g/mol. The number of nitrogens with zero attached hydrogens (tertiary/aromatic N) is 1. The molecule has 1 amide bonds. The van der Waals surface area contributed by atoms with Gasteiger partial charge in [0.25, 0.3) is 5.91 Å². The lowest BCUT2D eigenvalue weighted by Crippen LogP contribution is -2.36. The summed E-state index contributed by atoms with van der Waals surface area (Å²) in [5, 5.41) is 3.02. The van der Waals surface area contributed by atoms with Gasteiger partial charge in [-0.3, -0.25) is 4.79 Å². The Hall–Kier alpha value is -1.71. The number of aromatic nitrogens is 1. The molecule has 0 radical (unpaired) electrons. The summed E-state index contributed by atoms with van der Waals surface area (Å²) in [6.07, 6.45) is 9.00. The zero-order valence-corrected chi connectivity index (χ0v) is 9.44. The number of rotatable bonds is 2. The van der Waals surface area contributed by atoms with Gasteiger partial charge in [-0.15, -0.1) is 0 Å². The van der Waals surface area contributed by atoms with Gasteiger partial charge in [0.15, 0.2) is 0 Å². The number of anilines is 1. The third-order valence-corrected chi connectivity index (χ3v) is 2.86.